The van der Waals surface area contributed by atoms with Gasteiger partial charge in [0.05, 0.1) is 11.3 Å². The third-order valence-corrected chi connectivity index (χ3v) is 2.18. The molecule has 0 aliphatic heterocycles. The van der Waals surface area contributed by atoms with Crippen LogP contribution in [0.2, 0.25) is 0 Å². The molecule has 1 aromatic rings. The monoisotopic (exact) mass is 223 g/mol. The number of hydrogen-bond donors (Lipinski definition) is 2. The Kier molecular flexibility index (Phi) is 6.22. The predicted octanol–water partition coefficient (Wildman–Crippen LogP) is -0.354. The zero-order chi connectivity index (χ0) is 9.84. The van der Waals surface area contributed by atoms with Crippen LogP contribution in [-0.2, 0) is 22.3 Å². The molecule has 0 bridgehead atoms. The van der Waals surface area contributed by atoms with Crippen LogP contribution in [0.1, 0.15) is 5.56 Å². The van der Waals surface area contributed by atoms with Crippen LogP contribution < -0.4 is 5.73 Å². The summed E-state index contributed by atoms with van der Waals surface area (Å²) < 4.78 is 19.2. The van der Waals surface area contributed by atoms with E-state index in [1.807, 2.05) is 0 Å². The van der Waals surface area contributed by atoms with Crippen molar-refractivity contribution in [3.05, 3.63) is 29.8 Å². The summed E-state index contributed by atoms with van der Waals surface area (Å²) in [5.41, 5.74) is 5.71. The quantitative estimate of drug-likeness (QED) is 0.542. The molecule has 6 heteroatoms. The fraction of sp³-hybridized carbons (Fsp3) is 0.125. The Labute approximate surface area is 106 Å². The molecule has 0 aromatic heterocycles. The molecular weight excluding hydrogens is 213 g/mol. The zero-order valence-corrected chi connectivity index (χ0v) is 7.58. The summed E-state index contributed by atoms with van der Waals surface area (Å²) in [5.74, 6) is -0.419. The van der Waals surface area contributed by atoms with Gasteiger partial charge in [0.15, 0.2) is 11.1 Å². The van der Waals surface area contributed by atoms with Gasteiger partial charge >= 0.3 is 29.6 Å². The first-order chi connectivity index (χ1) is 6.09. The van der Waals surface area contributed by atoms with Crippen LogP contribution in [-0.4, -0.2) is 44.2 Å². The van der Waals surface area contributed by atoms with Crippen molar-refractivity contribution in [1.29, 1.82) is 0 Å². The van der Waals surface area contributed by atoms with Gasteiger partial charge in [-0.3, -0.25) is 4.79 Å². The molecule has 0 aliphatic rings. The van der Waals surface area contributed by atoms with Crippen LogP contribution in [0.5, 0.6) is 0 Å². The second-order valence-corrected chi connectivity index (χ2v) is 3.51. The van der Waals surface area contributed by atoms with Crippen molar-refractivity contribution in [3.63, 3.8) is 0 Å². The van der Waals surface area contributed by atoms with E-state index in [1.54, 1.807) is 12.1 Å². The van der Waals surface area contributed by atoms with E-state index in [0.29, 0.717) is 4.90 Å². The number of benzene rings is 1. The van der Waals surface area contributed by atoms with E-state index in [4.69, 9.17) is 10.3 Å². The summed E-state index contributed by atoms with van der Waals surface area (Å²) in [5, 5.41) is 0. The molecule has 1 amide bonds. The molecule has 0 saturated heterocycles. The molecule has 0 fully saturated rings. The number of carbonyl (C=O) groups excluding carboxylic acids is 1. The van der Waals surface area contributed by atoms with Crippen molar-refractivity contribution in [2.24, 2.45) is 5.73 Å². The fourth-order valence-corrected chi connectivity index (χ4v) is 1.29. The Balaban J connectivity index is 0.00000169. The van der Waals surface area contributed by atoms with Crippen molar-refractivity contribution in [2.75, 3.05) is 0 Å². The summed E-state index contributed by atoms with van der Waals surface area (Å²) in [7, 11) is 0. The molecule has 1 unspecified atom stereocenters. The van der Waals surface area contributed by atoms with E-state index in [1.165, 1.54) is 12.1 Å². The fourth-order valence-electron chi connectivity index (χ4n) is 0.925. The minimum absolute atomic E-state index is 0. The third-order valence-electron chi connectivity index (χ3n) is 1.50. The van der Waals surface area contributed by atoms with E-state index in [9.17, 15) is 9.00 Å². The Bertz CT molecular complexity index is 339. The maximum atomic E-state index is 10.6. The Morgan fingerprint density at radius 3 is 2.21 bits per heavy atom. The Morgan fingerprint density at radius 1 is 1.36 bits per heavy atom. The normalized spacial score (nSPS) is 11.5. The molecule has 1 rings (SSSR count). The van der Waals surface area contributed by atoms with Gasteiger partial charge in [-0.05, 0) is 17.7 Å². The van der Waals surface area contributed by atoms with Crippen molar-refractivity contribution in [2.45, 2.75) is 11.3 Å². The van der Waals surface area contributed by atoms with Crippen LogP contribution in [0.3, 0.4) is 0 Å². The molecule has 0 heterocycles. The van der Waals surface area contributed by atoms with E-state index in [-0.39, 0.29) is 36.0 Å². The first kappa shape index (κ1) is 13.8. The molecule has 72 valence electrons. The summed E-state index contributed by atoms with van der Waals surface area (Å²) in [6.07, 6.45) is 0.151. The first-order valence-corrected chi connectivity index (χ1v) is 4.68. The van der Waals surface area contributed by atoms with Crippen LogP contribution in [0.25, 0.3) is 0 Å². The van der Waals surface area contributed by atoms with Crippen LogP contribution in [0.15, 0.2) is 29.2 Å². The molecule has 14 heavy (non-hydrogen) atoms. The van der Waals surface area contributed by atoms with E-state index in [0.717, 1.165) is 5.56 Å². The van der Waals surface area contributed by atoms with Crippen molar-refractivity contribution < 1.29 is 13.6 Å². The van der Waals surface area contributed by atoms with E-state index < -0.39 is 17.0 Å². The summed E-state index contributed by atoms with van der Waals surface area (Å²) in [6, 6.07) is 6.20. The second kappa shape index (κ2) is 6.31. The van der Waals surface area contributed by atoms with Crippen LogP contribution in [0, 0.1) is 0 Å². The maximum absolute atomic E-state index is 10.6. The van der Waals surface area contributed by atoms with Crippen molar-refractivity contribution >= 4 is 46.5 Å². The average Bonchev–Trinajstić information content (AvgIpc) is 2.04. The number of carbonyl (C=O) groups is 1. The number of amides is 1. The predicted molar refractivity (Wildman–Crippen MR) is 55.5 cm³/mol. The van der Waals surface area contributed by atoms with E-state index in [2.05, 4.69) is 0 Å². The summed E-state index contributed by atoms with van der Waals surface area (Å²) >= 11 is -1.97. The molecule has 0 spiro atoms. The summed E-state index contributed by atoms with van der Waals surface area (Å²) in [4.78, 5) is 10.8. The van der Waals surface area contributed by atoms with Gasteiger partial charge in [0.2, 0.25) is 5.91 Å². The number of rotatable bonds is 3. The molecule has 3 N–H and O–H groups in total. The Morgan fingerprint density at radius 2 is 1.86 bits per heavy atom. The SMILES string of the molecule is NC(=O)Cc1ccc(S(=O)O)cc1.[NaH]. The van der Waals surface area contributed by atoms with Gasteiger partial charge in [-0.15, -0.1) is 0 Å². The zero-order valence-electron chi connectivity index (χ0n) is 6.77. The number of nitrogens with two attached hydrogens (primary N) is 1. The first-order valence-electron chi connectivity index (χ1n) is 3.57. The second-order valence-electron chi connectivity index (χ2n) is 2.54. The van der Waals surface area contributed by atoms with Gasteiger partial charge in [0.1, 0.15) is 0 Å². The topological polar surface area (TPSA) is 80.4 Å². The molecule has 1 atom stereocenters. The standard InChI is InChI=1S/C8H9NO3S.Na.H/c9-8(10)5-6-1-3-7(4-2-6)13(11)12;;/h1-4H,5H2,(H2,9,10)(H,11,12);;. The molecule has 1 aromatic carbocycles. The Hall–Kier alpha value is -0.200. The van der Waals surface area contributed by atoms with Gasteiger partial charge < -0.3 is 10.3 Å². The van der Waals surface area contributed by atoms with Gasteiger partial charge in [-0.25, -0.2) is 4.21 Å². The number of primary amides is 1. The van der Waals surface area contributed by atoms with Gasteiger partial charge in [0.25, 0.3) is 0 Å². The van der Waals surface area contributed by atoms with E-state index >= 15 is 0 Å². The van der Waals surface area contributed by atoms with Gasteiger partial charge in [-0.2, -0.15) is 0 Å². The molecule has 0 aliphatic carbocycles. The van der Waals surface area contributed by atoms with Crippen LogP contribution in [0.4, 0.5) is 0 Å². The molecule has 4 nitrogen and oxygen atoms in total. The number of hydrogen-bond acceptors (Lipinski definition) is 2. The van der Waals surface area contributed by atoms with Gasteiger partial charge in [-0.1, -0.05) is 12.1 Å². The third kappa shape index (κ3) is 4.34. The minimum atomic E-state index is -1.97. The van der Waals surface area contributed by atoms with Crippen molar-refractivity contribution in [1.82, 2.24) is 0 Å². The molecule has 0 saturated carbocycles. The van der Waals surface area contributed by atoms with Gasteiger partial charge in [0, 0.05) is 0 Å². The van der Waals surface area contributed by atoms with Crippen LogP contribution >= 0.6 is 0 Å². The average molecular weight is 223 g/mol. The summed E-state index contributed by atoms with van der Waals surface area (Å²) in [6.45, 7) is 0. The van der Waals surface area contributed by atoms with Crippen molar-refractivity contribution in [3.8, 4) is 0 Å². The molecule has 0 radical (unpaired) electrons. The molecular formula is C8H10NNaO3S.